The number of halogens is 2. The minimum Gasteiger partial charge on any atom is -0.0622 e. The predicted octanol–water partition coefficient (Wildman–Crippen LogP) is 8.27. The molecule has 0 atom stereocenters. The van der Waals surface area contributed by atoms with Crippen LogP contribution in [0.1, 0.15) is 0 Å². The summed E-state index contributed by atoms with van der Waals surface area (Å²) >= 11 is 0.382. The summed E-state index contributed by atoms with van der Waals surface area (Å²) in [6.07, 6.45) is 0. The van der Waals surface area contributed by atoms with E-state index < -0.39 is 15.8 Å². The van der Waals surface area contributed by atoms with Crippen LogP contribution >= 0.6 is 36.1 Å². The zero-order chi connectivity index (χ0) is 28.5. The van der Waals surface area contributed by atoms with Crippen molar-refractivity contribution in [3.05, 3.63) is 182 Å². The van der Waals surface area contributed by atoms with Crippen LogP contribution in [-0.4, -0.2) is 0 Å². The first kappa shape index (κ1) is 31.2. The molecule has 0 unspecified atom stereocenters. The summed E-state index contributed by atoms with van der Waals surface area (Å²) in [6, 6.07) is 64.7. The third-order valence-electron chi connectivity index (χ3n) is 6.09. The minimum absolute atomic E-state index is 0.382. The molecule has 0 aliphatic rings. The zero-order valence-corrected chi connectivity index (χ0v) is 26.6. The van der Waals surface area contributed by atoms with Gasteiger partial charge in [-0.05, 0) is 47.7 Å². The summed E-state index contributed by atoms with van der Waals surface area (Å²) in [4.78, 5) is 0. The van der Waals surface area contributed by atoms with Gasteiger partial charge in [0.15, 0.2) is 0 Å². The molecule has 41 heavy (non-hydrogen) atoms. The molecule has 0 bridgehead atoms. The molecule has 0 N–H and O–H groups in total. The first-order chi connectivity index (χ1) is 20.3. The van der Waals surface area contributed by atoms with Crippen LogP contribution in [-0.2, 0) is 12.9 Å². The summed E-state index contributed by atoms with van der Waals surface area (Å²) in [5.41, 5.74) is 0. The molecule has 0 saturated heterocycles. The van der Waals surface area contributed by atoms with E-state index in [1.54, 1.807) is 0 Å². The van der Waals surface area contributed by atoms with Gasteiger partial charge in [-0.2, -0.15) is 0 Å². The van der Waals surface area contributed by atoms with Crippen molar-refractivity contribution >= 4 is 68.0 Å². The van der Waals surface area contributed by atoms with Gasteiger partial charge in [-0.25, -0.2) is 0 Å². The number of rotatable bonds is 6. The van der Waals surface area contributed by atoms with Crippen LogP contribution < -0.4 is 31.8 Å². The molecule has 0 radical (unpaired) electrons. The van der Waals surface area contributed by atoms with E-state index in [4.69, 9.17) is 20.3 Å². The van der Waals surface area contributed by atoms with E-state index in [0.29, 0.717) is 12.9 Å². The molecule has 0 nitrogen and oxygen atoms in total. The van der Waals surface area contributed by atoms with E-state index in [-0.39, 0.29) is 0 Å². The Kier molecular flexibility index (Phi) is 13.7. The summed E-state index contributed by atoms with van der Waals surface area (Å²) in [5, 5.41) is 8.39. The quantitative estimate of drug-likeness (QED) is 0.159. The standard InChI is InChI=1S/2C18H15P.2ClH.Co/c2*1-4-10-16(11-5-1)19(17-12-6-2-7-13-17)18-14-8-3-9-15-18;;;/h2*1-15H;2*1H;/q;;;;+2/p-2. The van der Waals surface area contributed by atoms with E-state index in [1.165, 1.54) is 31.8 Å². The predicted molar refractivity (Wildman–Crippen MR) is 182 cm³/mol. The Balaban J connectivity index is 0.000000173. The van der Waals surface area contributed by atoms with Crippen LogP contribution in [0.5, 0.6) is 0 Å². The first-order valence-electron chi connectivity index (χ1n) is 13.1. The number of benzene rings is 6. The van der Waals surface area contributed by atoms with Crippen molar-refractivity contribution in [2.45, 2.75) is 0 Å². The van der Waals surface area contributed by atoms with Crippen LogP contribution in [0, 0.1) is 0 Å². The van der Waals surface area contributed by atoms with Crippen molar-refractivity contribution in [2.75, 3.05) is 0 Å². The second-order valence-electron chi connectivity index (χ2n) is 8.73. The van der Waals surface area contributed by atoms with Gasteiger partial charge in [-0.3, -0.25) is 0 Å². The fourth-order valence-corrected chi connectivity index (χ4v) is 8.97. The molecule has 0 spiro atoms. The van der Waals surface area contributed by atoms with Gasteiger partial charge in [-0.15, -0.1) is 0 Å². The van der Waals surface area contributed by atoms with Gasteiger partial charge < -0.3 is 0 Å². The Morgan fingerprint density at radius 3 is 0.512 bits per heavy atom. The Morgan fingerprint density at radius 1 is 0.268 bits per heavy atom. The van der Waals surface area contributed by atoms with Crippen molar-refractivity contribution in [3.8, 4) is 0 Å². The van der Waals surface area contributed by atoms with E-state index >= 15 is 0 Å². The maximum atomic E-state index is 4.73. The average Bonchev–Trinajstić information content (AvgIpc) is 3.05. The number of hydrogen-bond donors (Lipinski definition) is 0. The van der Waals surface area contributed by atoms with E-state index in [9.17, 15) is 0 Å². The van der Waals surface area contributed by atoms with E-state index in [2.05, 4.69) is 182 Å². The molecule has 0 fully saturated rings. The van der Waals surface area contributed by atoms with Crippen molar-refractivity contribution in [1.82, 2.24) is 0 Å². The molecular formula is C36H30Cl2CoP2. The van der Waals surface area contributed by atoms with Gasteiger partial charge in [-0.1, -0.05) is 182 Å². The van der Waals surface area contributed by atoms with Crippen LogP contribution in [0.25, 0.3) is 0 Å². The normalized spacial score (nSPS) is 10.3. The van der Waals surface area contributed by atoms with Crippen molar-refractivity contribution < 1.29 is 12.9 Å². The van der Waals surface area contributed by atoms with Gasteiger partial charge >= 0.3 is 33.2 Å². The molecule has 0 saturated carbocycles. The molecule has 6 aromatic carbocycles. The monoisotopic (exact) mass is 653 g/mol. The van der Waals surface area contributed by atoms with Crippen molar-refractivity contribution in [3.63, 3.8) is 0 Å². The Bertz CT molecular complexity index is 1200. The van der Waals surface area contributed by atoms with Crippen LogP contribution in [0.3, 0.4) is 0 Å². The summed E-state index contributed by atoms with van der Waals surface area (Å²) < 4.78 is 0. The topological polar surface area (TPSA) is 0 Å². The van der Waals surface area contributed by atoms with Crippen molar-refractivity contribution in [2.24, 2.45) is 0 Å². The van der Waals surface area contributed by atoms with Crippen LogP contribution in [0.2, 0.25) is 0 Å². The minimum atomic E-state index is -0.446. The fourth-order valence-electron chi connectivity index (χ4n) is 4.36. The largest absolute Gasteiger partial charge is 0.0622 e. The molecule has 0 amide bonds. The smallest absolute Gasteiger partial charge is 0.0134 e. The van der Waals surface area contributed by atoms with Crippen molar-refractivity contribution in [1.29, 1.82) is 0 Å². The van der Waals surface area contributed by atoms with Crippen LogP contribution in [0.15, 0.2) is 182 Å². The first-order valence-corrected chi connectivity index (χ1v) is 18.6. The molecule has 6 rings (SSSR count). The van der Waals surface area contributed by atoms with Gasteiger partial charge in [0.25, 0.3) is 0 Å². The summed E-state index contributed by atoms with van der Waals surface area (Å²) in [5.74, 6) is 0. The van der Waals surface area contributed by atoms with Gasteiger partial charge in [0.05, 0.1) is 0 Å². The second kappa shape index (κ2) is 17.9. The molecule has 0 heterocycles. The molecular weight excluding hydrogens is 624 g/mol. The summed E-state index contributed by atoms with van der Waals surface area (Å²) in [6.45, 7) is 0. The molecule has 5 heteroatoms. The zero-order valence-electron chi connectivity index (χ0n) is 22.3. The maximum Gasteiger partial charge on any atom is -0.0134 e. The van der Waals surface area contributed by atoms with E-state index in [1.807, 2.05) is 0 Å². The number of hydrogen-bond acceptors (Lipinski definition) is 0. The Hall–Kier alpha value is -2.73. The van der Waals surface area contributed by atoms with E-state index in [0.717, 1.165) is 0 Å². The fraction of sp³-hybridized carbons (Fsp3) is 0. The van der Waals surface area contributed by atoms with Gasteiger partial charge in [0.2, 0.25) is 0 Å². The molecule has 6 aromatic rings. The van der Waals surface area contributed by atoms with Gasteiger partial charge in [0, 0.05) is 0 Å². The maximum absolute atomic E-state index is 4.73. The second-order valence-corrected chi connectivity index (χ2v) is 14.9. The third kappa shape index (κ3) is 9.66. The molecule has 0 aliphatic carbocycles. The molecule has 207 valence electrons. The summed E-state index contributed by atoms with van der Waals surface area (Å²) in [7, 11) is 8.57. The Morgan fingerprint density at radius 2 is 0.390 bits per heavy atom. The Labute approximate surface area is 261 Å². The average molecular weight is 654 g/mol. The molecule has 0 aromatic heterocycles. The SMILES string of the molecule is [Cl][Co][Cl].c1ccc(P(c2ccccc2)c2ccccc2)cc1.c1ccc(P(c2ccccc2)c2ccccc2)cc1. The van der Waals surface area contributed by atoms with Gasteiger partial charge in [0.1, 0.15) is 0 Å². The molecule has 0 aliphatic heterocycles. The third-order valence-corrected chi connectivity index (χ3v) is 11.0. The van der Waals surface area contributed by atoms with Crippen LogP contribution in [0.4, 0.5) is 0 Å².